The highest BCUT2D eigenvalue weighted by Gasteiger charge is 2.66. The third-order valence-corrected chi connectivity index (χ3v) is 6.50. The van der Waals surface area contributed by atoms with E-state index in [1.54, 1.807) is 12.1 Å². The van der Waals surface area contributed by atoms with Crippen LogP contribution in [0.25, 0.3) is 0 Å². The Bertz CT molecular complexity index is 699. The molecule has 1 saturated carbocycles. The molecule has 1 N–H and O–H groups in total. The average molecular weight is 342 g/mol. The van der Waals surface area contributed by atoms with Gasteiger partial charge in [0.25, 0.3) is 0 Å². The summed E-state index contributed by atoms with van der Waals surface area (Å²) >= 11 is 0. The van der Waals surface area contributed by atoms with Gasteiger partial charge in [-0.25, -0.2) is 17.1 Å². The van der Waals surface area contributed by atoms with Crippen LogP contribution >= 0.6 is 0 Å². The van der Waals surface area contributed by atoms with E-state index >= 15 is 0 Å². The molecule has 0 aromatic heterocycles. The molecule has 1 aromatic rings. The van der Waals surface area contributed by atoms with Crippen molar-refractivity contribution >= 4 is 15.9 Å². The van der Waals surface area contributed by atoms with E-state index in [-0.39, 0.29) is 29.4 Å². The molecule has 128 valence electrons. The van der Waals surface area contributed by atoms with E-state index in [1.165, 1.54) is 26.2 Å². The van der Waals surface area contributed by atoms with E-state index in [0.717, 1.165) is 9.87 Å². The summed E-state index contributed by atoms with van der Waals surface area (Å²) in [7, 11) is -0.430. The van der Waals surface area contributed by atoms with Crippen molar-refractivity contribution in [1.29, 1.82) is 0 Å². The van der Waals surface area contributed by atoms with Crippen LogP contribution in [0.5, 0.6) is 0 Å². The van der Waals surface area contributed by atoms with Gasteiger partial charge in [0.2, 0.25) is 15.9 Å². The fraction of sp³-hybridized carbons (Fsp3) is 0.562. The number of nitrogens with zero attached hydrogens (tertiary/aromatic N) is 1. The van der Waals surface area contributed by atoms with Crippen LogP contribution in [-0.2, 0) is 20.2 Å². The van der Waals surface area contributed by atoms with Crippen molar-refractivity contribution in [2.75, 3.05) is 26.4 Å². The molecule has 0 aliphatic heterocycles. The van der Waals surface area contributed by atoms with Gasteiger partial charge in [0.05, 0.1) is 11.2 Å². The number of hydrogen-bond acceptors (Lipinski definition) is 3. The highest BCUT2D eigenvalue weighted by molar-refractivity contribution is 7.89. The van der Waals surface area contributed by atoms with E-state index in [0.29, 0.717) is 6.42 Å². The molecule has 7 heteroatoms. The maximum atomic E-state index is 13.1. The molecule has 5 nitrogen and oxygen atoms in total. The molecule has 0 heterocycles. The first-order chi connectivity index (χ1) is 10.5. The minimum atomic E-state index is -3.35. The van der Waals surface area contributed by atoms with Gasteiger partial charge in [-0.1, -0.05) is 26.0 Å². The Morgan fingerprint density at radius 3 is 2.22 bits per heavy atom. The Kier molecular flexibility index (Phi) is 4.56. The first-order valence-electron chi connectivity index (χ1n) is 7.47. The quantitative estimate of drug-likeness (QED) is 0.852. The number of benzene rings is 1. The summed E-state index contributed by atoms with van der Waals surface area (Å²) in [6.45, 7) is 4.01. The molecule has 0 radical (unpaired) electrons. The highest BCUT2D eigenvalue weighted by Crippen LogP contribution is 2.64. The van der Waals surface area contributed by atoms with Crippen LogP contribution in [0, 0.1) is 11.2 Å². The Labute approximate surface area is 136 Å². The Hall–Kier alpha value is -1.47. The third-order valence-electron chi connectivity index (χ3n) is 4.66. The Balaban J connectivity index is 2.11. The molecular weight excluding hydrogens is 319 g/mol. The van der Waals surface area contributed by atoms with E-state index < -0.39 is 15.4 Å². The second-order valence-electron chi connectivity index (χ2n) is 6.83. The van der Waals surface area contributed by atoms with Gasteiger partial charge < -0.3 is 5.32 Å². The molecule has 1 aromatic carbocycles. The summed E-state index contributed by atoms with van der Waals surface area (Å²) < 4.78 is 37.8. The Morgan fingerprint density at radius 1 is 1.26 bits per heavy atom. The molecule has 2 rings (SSSR count). The lowest BCUT2D eigenvalue weighted by Crippen LogP contribution is -2.41. The zero-order chi connectivity index (χ0) is 17.5. The summed E-state index contributed by atoms with van der Waals surface area (Å²) in [4.78, 5) is 12.7. The van der Waals surface area contributed by atoms with Crippen LogP contribution in [-0.4, -0.2) is 45.0 Å². The van der Waals surface area contributed by atoms with Crippen LogP contribution in [0.4, 0.5) is 4.39 Å². The molecule has 0 spiro atoms. The van der Waals surface area contributed by atoms with Crippen molar-refractivity contribution in [2.24, 2.45) is 5.41 Å². The monoisotopic (exact) mass is 342 g/mol. The minimum absolute atomic E-state index is 0.0539. The molecule has 1 fully saturated rings. The fourth-order valence-corrected chi connectivity index (χ4v) is 3.72. The molecule has 0 saturated heterocycles. The summed E-state index contributed by atoms with van der Waals surface area (Å²) in [6, 6.07) is 5.94. The Morgan fingerprint density at radius 2 is 1.78 bits per heavy atom. The second-order valence-corrected chi connectivity index (χ2v) is 9.13. The summed E-state index contributed by atoms with van der Waals surface area (Å²) in [6.07, 6.45) is 0.651. The molecule has 1 atom stereocenters. The van der Waals surface area contributed by atoms with E-state index in [1.807, 2.05) is 13.8 Å². The van der Waals surface area contributed by atoms with Crippen LogP contribution in [0.2, 0.25) is 0 Å². The normalized spacial score (nSPS) is 22.9. The van der Waals surface area contributed by atoms with Gasteiger partial charge in [-0.2, -0.15) is 0 Å². The molecule has 1 aliphatic carbocycles. The van der Waals surface area contributed by atoms with Gasteiger partial charge in [-0.05, 0) is 29.5 Å². The van der Waals surface area contributed by atoms with E-state index in [4.69, 9.17) is 0 Å². The number of sulfonamides is 1. The van der Waals surface area contributed by atoms with Crippen molar-refractivity contribution in [2.45, 2.75) is 25.7 Å². The van der Waals surface area contributed by atoms with Crippen molar-refractivity contribution in [3.8, 4) is 0 Å². The van der Waals surface area contributed by atoms with Gasteiger partial charge in [-0.3, -0.25) is 4.79 Å². The van der Waals surface area contributed by atoms with Crippen LogP contribution in [0.1, 0.15) is 25.8 Å². The average Bonchev–Trinajstić information content (AvgIpc) is 3.03. The largest absolute Gasteiger partial charge is 0.354 e. The SMILES string of the molecule is CN(C)S(=O)(=O)CCNC(=O)[C@]1(c2ccc(F)cc2)CC1(C)C. The molecular formula is C16H23FN2O3S. The molecule has 23 heavy (non-hydrogen) atoms. The molecule has 1 amide bonds. The summed E-state index contributed by atoms with van der Waals surface area (Å²) in [5.74, 6) is -0.700. The third kappa shape index (κ3) is 3.26. The second kappa shape index (κ2) is 5.87. The number of rotatable bonds is 6. The lowest BCUT2D eigenvalue weighted by atomic mass is 9.87. The van der Waals surface area contributed by atoms with Crippen molar-refractivity contribution in [3.05, 3.63) is 35.6 Å². The minimum Gasteiger partial charge on any atom is -0.354 e. The van der Waals surface area contributed by atoms with Gasteiger partial charge in [-0.15, -0.1) is 0 Å². The van der Waals surface area contributed by atoms with Gasteiger partial charge in [0, 0.05) is 20.6 Å². The lowest BCUT2D eigenvalue weighted by molar-refractivity contribution is -0.124. The van der Waals surface area contributed by atoms with E-state index in [2.05, 4.69) is 5.32 Å². The lowest BCUT2D eigenvalue weighted by Gasteiger charge is -2.21. The number of amides is 1. The zero-order valence-electron chi connectivity index (χ0n) is 13.9. The van der Waals surface area contributed by atoms with E-state index in [9.17, 15) is 17.6 Å². The first kappa shape index (κ1) is 17.9. The van der Waals surface area contributed by atoms with Crippen LogP contribution in [0.15, 0.2) is 24.3 Å². The van der Waals surface area contributed by atoms with Crippen molar-refractivity contribution < 1.29 is 17.6 Å². The molecule has 0 unspecified atom stereocenters. The highest BCUT2D eigenvalue weighted by atomic mass is 32.2. The smallest absolute Gasteiger partial charge is 0.231 e. The van der Waals surface area contributed by atoms with Gasteiger partial charge >= 0.3 is 0 Å². The predicted octanol–water partition coefficient (Wildman–Crippen LogP) is 1.50. The molecule has 1 aliphatic rings. The standard InChI is InChI=1S/C16H23FN2O3S/c1-15(2)11-16(15,12-5-7-13(17)8-6-12)14(20)18-9-10-23(21,22)19(3)4/h5-8H,9-11H2,1-4H3,(H,18,20)/t16-/m1/s1. The predicted molar refractivity (Wildman–Crippen MR) is 87.0 cm³/mol. The maximum Gasteiger partial charge on any atom is 0.231 e. The summed E-state index contributed by atoms with van der Waals surface area (Å²) in [5, 5.41) is 2.73. The number of carbonyl (C=O) groups is 1. The number of carbonyl (C=O) groups excluding carboxylic acids is 1. The zero-order valence-corrected chi connectivity index (χ0v) is 14.7. The summed E-state index contributed by atoms with van der Waals surface area (Å²) in [5.41, 5.74) is -0.199. The topological polar surface area (TPSA) is 66.5 Å². The van der Waals surface area contributed by atoms with Crippen molar-refractivity contribution in [3.63, 3.8) is 0 Å². The van der Waals surface area contributed by atoms with Crippen LogP contribution in [0.3, 0.4) is 0 Å². The number of halogens is 1. The first-order valence-corrected chi connectivity index (χ1v) is 9.08. The number of nitrogens with one attached hydrogen (secondary N) is 1. The van der Waals surface area contributed by atoms with Gasteiger partial charge in [0.1, 0.15) is 5.82 Å². The number of hydrogen-bond donors (Lipinski definition) is 1. The molecule has 0 bridgehead atoms. The van der Waals surface area contributed by atoms with Crippen molar-refractivity contribution in [1.82, 2.24) is 9.62 Å². The maximum absolute atomic E-state index is 13.1. The fourth-order valence-electron chi connectivity index (χ4n) is 2.99. The van der Waals surface area contributed by atoms with Crippen LogP contribution < -0.4 is 5.32 Å². The van der Waals surface area contributed by atoms with Gasteiger partial charge in [0.15, 0.2) is 0 Å².